The largest absolute Gasteiger partial charge is 0.376 e. The first-order valence-corrected chi connectivity index (χ1v) is 7.58. The first-order valence-electron chi connectivity index (χ1n) is 6.10. The molecule has 0 radical (unpaired) electrons. The van der Waals surface area contributed by atoms with Crippen molar-refractivity contribution in [3.8, 4) is 0 Å². The second-order valence-corrected chi connectivity index (χ2v) is 6.64. The Kier molecular flexibility index (Phi) is 3.82. The van der Waals surface area contributed by atoms with E-state index in [1.54, 1.807) is 12.1 Å². The molecule has 106 valence electrons. The van der Waals surface area contributed by atoms with Gasteiger partial charge in [0.25, 0.3) is 0 Å². The Morgan fingerprint density at radius 1 is 1.37 bits per heavy atom. The molecule has 1 fully saturated rings. The van der Waals surface area contributed by atoms with E-state index < -0.39 is 15.6 Å². The van der Waals surface area contributed by atoms with Gasteiger partial charge in [-0.3, -0.25) is 5.84 Å². The van der Waals surface area contributed by atoms with Crippen molar-refractivity contribution in [2.75, 3.05) is 12.0 Å². The number of hydrogen-bond donors (Lipinski definition) is 3. The minimum Gasteiger partial charge on any atom is -0.376 e. The van der Waals surface area contributed by atoms with Gasteiger partial charge in [-0.1, -0.05) is 0 Å². The predicted molar refractivity (Wildman–Crippen MR) is 73.0 cm³/mol. The number of anilines is 1. The van der Waals surface area contributed by atoms with Gasteiger partial charge in [-0.15, -0.1) is 0 Å². The number of ether oxygens (including phenoxy) is 1. The molecule has 0 saturated carbocycles. The molecular weight excluding hydrogens is 266 g/mol. The SMILES string of the molecule is CC1OCCC1(C)NS(=O)(=O)c1ccc(NN)cc1. The van der Waals surface area contributed by atoms with Crippen LogP contribution in [0.4, 0.5) is 5.69 Å². The first-order chi connectivity index (χ1) is 8.87. The van der Waals surface area contributed by atoms with Crippen LogP contribution >= 0.6 is 0 Å². The summed E-state index contributed by atoms with van der Waals surface area (Å²) in [5.74, 6) is 5.25. The Bertz CT molecular complexity index is 544. The minimum atomic E-state index is -3.56. The topological polar surface area (TPSA) is 93.4 Å². The highest BCUT2D eigenvalue weighted by Crippen LogP contribution is 2.27. The van der Waals surface area contributed by atoms with E-state index in [0.717, 1.165) is 0 Å². The summed E-state index contributed by atoms with van der Waals surface area (Å²) in [6, 6.07) is 6.26. The van der Waals surface area contributed by atoms with Crippen LogP contribution in [0, 0.1) is 0 Å². The zero-order valence-electron chi connectivity index (χ0n) is 11.0. The smallest absolute Gasteiger partial charge is 0.241 e. The number of hydrazine groups is 1. The van der Waals surface area contributed by atoms with Gasteiger partial charge in [-0.25, -0.2) is 13.1 Å². The Balaban J connectivity index is 2.22. The quantitative estimate of drug-likeness (QED) is 0.562. The van der Waals surface area contributed by atoms with Crippen molar-refractivity contribution >= 4 is 15.7 Å². The van der Waals surface area contributed by atoms with Gasteiger partial charge in [-0.05, 0) is 44.5 Å². The lowest BCUT2D eigenvalue weighted by Gasteiger charge is -2.28. The summed E-state index contributed by atoms with van der Waals surface area (Å²) in [5, 5.41) is 0. The summed E-state index contributed by atoms with van der Waals surface area (Å²) < 4.78 is 32.8. The Morgan fingerprint density at radius 3 is 2.47 bits per heavy atom. The number of nitrogens with one attached hydrogen (secondary N) is 2. The van der Waals surface area contributed by atoms with Crippen LogP contribution in [0.5, 0.6) is 0 Å². The summed E-state index contributed by atoms with van der Waals surface area (Å²) >= 11 is 0. The third-order valence-electron chi connectivity index (χ3n) is 3.59. The molecule has 4 N–H and O–H groups in total. The Labute approximate surface area is 113 Å². The molecule has 2 atom stereocenters. The number of hydrogen-bond acceptors (Lipinski definition) is 5. The van der Waals surface area contributed by atoms with Gasteiger partial charge >= 0.3 is 0 Å². The molecule has 0 aromatic heterocycles. The van der Waals surface area contributed by atoms with Crippen LogP contribution in [-0.4, -0.2) is 26.7 Å². The Hall–Kier alpha value is -1.15. The van der Waals surface area contributed by atoms with Crippen molar-refractivity contribution in [1.29, 1.82) is 0 Å². The molecule has 6 nitrogen and oxygen atoms in total. The summed E-state index contributed by atoms with van der Waals surface area (Å²) in [6.07, 6.45) is 0.516. The second kappa shape index (κ2) is 5.09. The molecule has 1 aromatic rings. The molecule has 1 aromatic carbocycles. The van der Waals surface area contributed by atoms with E-state index in [-0.39, 0.29) is 11.0 Å². The molecular formula is C12H19N3O3S. The molecule has 0 aliphatic carbocycles. The fourth-order valence-corrected chi connectivity index (χ4v) is 3.56. The van der Waals surface area contributed by atoms with E-state index >= 15 is 0 Å². The van der Waals surface area contributed by atoms with Crippen LogP contribution in [-0.2, 0) is 14.8 Å². The lowest BCUT2D eigenvalue weighted by molar-refractivity contribution is 0.0957. The molecule has 0 bridgehead atoms. The fraction of sp³-hybridized carbons (Fsp3) is 0.500. The summed E-state index contributed by atoms with van der Waals surface area (Å²) in [7, 11) is -3.56. The molecule has 2 rings (SSSR count). The zero-order valence-corrected chi connectivity index (χ0v) is 11.8. The first kappa shape index (κ1) is 14.3. The van der Waals surface area contributed by atoms with Crippen LogP contribution < -0.4 is 16.0 Å². The van der Waals surface area contributed by atoms with Gasteiger partial charge in [0.15, 0.2) is 0 Å². The molecule has 1 saturated heterocycles. The Morgan fingerprint density at radius 2 is 2.00 bits per heavy atom. The molecule has 7 heteroatoms. The van der Waals surface area contributed by atoms with E-state index in [1.807, 2.05) is 13.8 Å². The molecule has 19 heavy (non-hydrogen) atoms. The fourth-order valence-electron chi connectivity index (χ4n) is 2.07. The van der Waals surface area contributed by atoms with Crippen molar-refractivity contribution in [3.63, 3.8) is 0 Å². The van der Waals surface area contributed by atoms with Gasteiger partial charge in [0.1, 0.15) is 0 Å². The van der Waals surface area contributed by atoms with Crippen LogP contribution in [0.2, 0.25) is 0 Å². The van der Waals surface area contributed by atoms with Crippen LogP contribution in [0.3, 0.4) is 0 Å². The standard InChI is InChI=1S/C12H19N3O3S/c1-9-12(2,7-8-18-9)15-19(16,17)11-5-3-10(14-13)4-6-11/h3-6,9,14-15H,7-8,13H2,1-2H3. The van der Waals surface area contributed by atoms with Crippen LogP contribution in [0.15, 0.2) is 29.2 Å². The molecule has 0 amide bonds. The molecule has 1 aliphatic rings. The number of nitrogen functional groups attached to an aromatic ring is 1. The monoisotopic (exact) mass is 285 g/mol. The summed E-state index contributed by atoms with van der Waals surface area (Å²) in [5.41, 5.74) is 2.55. The molecule has 0 spiro atoms. The van der Waals surface area contributed by atoms with Crippen LogP contribution in [0.25, 0.3) is 0 Å². The highest BCUT2D eigenvalue weighted by Gasteiger charge is 2.40. The van der Waals surface area contributed by atoms with Crippen molar-refractivity contribution in [2.24, 2.45) is 5.84 Å². The van der Waals surface area contributed by atoms with Gasteiger partial charge in [0.2, 0.25) is 10.0 Å². The van der Waals surface area contributed by atoms with Gasteiger partial charge < -0.3 is 10.2 Å². The lowest BCUT2D eigenvalue weighted by atomic mass is 9.97. The lowest BCUT2D eigenvalue weighted by Crippen LogP contribution is -2.50. The minimum absolute atomic E-state index is 0.146. The average molecular weight is 285 g/mol. The van der Waals surface area contributed by atoms with E-state index in [1.165, 1.54) is 12.1 Å². The van der Waals surface area contributed by atoms with Gasteiger partial charge in [-0.2, -0.15) is 0 Å². The second-order valence-electron chi connectivity index (χ2n) is 4.95. The normalized spacial score (nSPS) is 27.4. The van der Waals surface area contributed by atoms with Crippen molar-refractivity contribution in [3.05, 3.63) is 24.3 Å². The van der Waals surface area contributed by atoms with E-state index in [4.69, 9.17) is 10.6 Å². The zero-order chi connectivity index (χ0) is 14.1. The average Bonchev–Trinajstić information content (AvgIpc) is 2.68. The van der Waals surface area contributed by atoms with E-state index in [9.17, 15) is 8.42 Å². The molecule has 1 heterocycles. The third-order valence-corrected chi connectivity index (χ3v) is 5.21. The van der Waals surface area contributed by atoms with Gasteiger partial charge in [0.05, 0.1) is 16.5 Å². The van der Waals surface area contributed by atoms with Crippen molar-refractivity contribution in [1.82, 2.24) is 4.72 Å². The van der Waals surface area contributed by atoms with Crippen molar-refractivity contribution in [2.45, 2.75) is 36.8 Å². The number of nitrogens with two attached hydrogens (primary N) is 1. The number of rotatable bonds is 4. The van der Waals surface area contributed by atoms with Crippen molar-refractivity contribution < 1.29 is 13.2 Å². The molecule has 1 aliphatic heterocycles. The third kappa shape index (κ3) is 2.89. The summed E-state index contributed by atoms with van der Waals surface area (Å²) in [4.78, 5) is 0.215. The maximum Gasteiger partial charge on any atom is 0.241 e. The molecule has 2 unspecified atom stereocenters. The number of benzene rings is 1. The number of sulfonamides is 1. The summed E-state index contributed by atoms with van der Waals surface area (Å²) in [6.45, 7) is 4.30. The van der Waals surface area contributed by atoms with E-state index in [2.05, 4.69) is 10.1 Å². The highest BCUT2D eigenvalue weighted by atomic mass is 32.2. The highest BCUT2D eigenvalue weighted by molar-refractivity contribution is 7.89. The maximum atomic E-state index is 12.3. The van der Waals surface area contributed by atoms with Crippen LogP contribution in [0.1, 0.15) is 20.3 Å². The van der Waals surface area contributed by atoms with E-state index in [0.29, 0.717) is 18.7 Å². The maximum absolute atomic E-state index is 12.3. The van der Waals surface area contributed by atoms with Gasteiger partial charge in [0, 0.05) is 12.3 Å². The predicted octanol–water partition coefficient (Wildman–Crippen LogP) is 0.818.